The predicted molar refractivity (Wildman–Crippen MR) is 124 cm³/mol. The summed E-state index contributed by atoms with van der Waals surface area (Å²) in [5.41, 5.74) is 1.31. The molecule has 0 aliphatic carbocycles. The van der Waals surface area contributed by atoms with E-state index < -0.39 is 31.7 Å². The van der Waals surface area contributed by atoms with Crippen molar-refractivity contribution in [3.63, 3.8) is 0 Å². The highest BCUT2D eigenvalue weighted by molar-refractivity contribution is 7.55. The Hall–Kier alpha value is -2.68. The Balaban J connectivity index is 2.36. The van der Waals surface area contributed by atoms with Crippen molar-refractivity contribution in [1.29, 1.82) is 0 Å². The fourth-order valence-electron chi connectivity index (χ4n) is 2.80. The highest BCUT2D eigenvalue weighted by Crippen LogP contribution is 2.41. The number of carbonyl (C=O) groups excluding carboxylic acids is 2. The lowest BCUT2D eigenvalue weighted by Gasteiger charge is -2.26. The molecule has 1 aromatic carbocycles. The Labute approximate surface area is 194 Å². The minimum atomic E-state index is -4.04. The molecular weight excluding hydrogens is 447 g/mol. The summed E-state index contributed by atoms with van der Waals surface area (Å²) < 4.78 is 31.6. The van der Waals surface area contributed by atoms with Crippen LogP contribution in [0.3, 0.4) is 0 Å². The molecule has 33 heavy (non-hydrogen) atoms. The molecule has 2 rings (SSSR count). The summed E-state index contributed by atoms with van der Waals surface area (Å²) in [6, 6.07) is 8.78. The molecule has 2 unspecified atom stereocenters. The van der Waals surface area contributed by atoms with Crippen LogP contribution in [0.4, 0.5) is 0 Å². The molecule has 0 fully saturated rings. The first-order valence-corrected chi connectivity index (χ1v) is 12.4. The van der Waals surface area contributed by atoms with Crippen LogP contribution in [0.15, 0.2) is 36.4 Å². The number of benzene rings is 1. The van der Waals surface area contributed by atoms with Gasteiger partial charge in [-0.2, -0.15) is 5.10 Å². The number of hydrogen-bond acceptors (Lipinski definition) is 7. The minimum absolute atomic E-state index is 0.163. The molecule has 0 aliphatic rings. The summed E-state index contributed by atoms with van der Waals surface area (Å²) in [6.45, 7) is 11.6. The number of nitrogens with zero attached hydrogens (tertiary/aromatic N) is 2. The van der Waals surface area contributed by atoms with E-state index in [1.54, 1.807) is 40.7 Å². The molecule has 2 N–H and O–H groups in total. The van der Waals surface area contributed by atoms with Gasteiger partial charge in [0.1, 0.15) is 12.1 Å². The zero-order valence-corrected chi connectivity index (χ0v) is 21.0. The third-order valence-corrected chi connectivity index (χ3v) is 6.06. The molecule has 0 amide bonds. The Bertz CT molecular complexity index is 958. The third kappa shape index (κ3) is 7.99. The maximum atomic E-state index is 13.9. The normalized spacial score (nSPS) is 15.1. The van der Waals surface area contributed by atoms with Gasteiger partial charge in [0.05, 0.1) is 23.6 Å². The van der Waals surface area contributed by atoms with E-state index >= 15 is 0 Å². The van der Waals surface area contributed by atoms with E-state index in [9.17, 15) is 14.2 Å². The monoisotopic (exact) mass is 480 g/mol. The number of carbonyl (C=O) groups is 2. The van der Waals surface area contributed by atoms with Gasteiger partial charge in [0, 0.05) is 6.07 Å². The van der Waals surface area contributed by atoms with E-state index in [1.807, 2.05) is 30.3 Å². The number of aromatic nitrogens is 2. The Morgan fingerprint density at radius 1 is 0.909 bits per heavy atom. The number of hydrogen-bond donors (Lipinski definition) is 2. The Kier molecular flexibility index (Phi) is 9.22. The summed E-state index contributed by atoms with van der Waals surface area (Å²) in [7, 11) is -4.04. The van der Waals surface area contributed by atoms with Crippen molar-refractivity contribution in [1.82, 2.24) is 20.0 Å². The average molecular weight is 481 g/mol. The van der Waals surface area contributed by atoms with E-state index in [4.69, 9.17) is 14.0 Å². The maximum Gasteiger partial charge on any atom is 0.393 e. The predicted octanol–water partition coefficient (Wildman–Crippen LogP) is 3.53. The first kappa shape index (κ1) is 26.6. The molecule has 11 heteroatoms. The van der Waals surface area contributed by atoms with E-state index in [0.29, 0.717) is 11.4 Å². The summed E-state index contributed by atoms with van der Waals surface area (Å²) in [6.07, 6.45) is -0.700. The quantitative estimate of drug-likeness (QED) is 0.367. The molecule has 0 bridgehead atoms. The van der Waals surface area contributed by atoms with Crippen molar-refractivity contribution in [3.8, 4) is 11.6 Å². The van der Waals surface area contributed by atoms with Crippen LogP contribution < -0.4 is 14.7 Å². The van der Waals surface area contributed by atoms with Gasteiger partial charge in [-0.05, 0) is 60.6 Å². The summed E-state index contributed by atoms with van der Waals surface area (Å²) in [5, 5.41) is 9.75. The van der Waals surface area contributed by atoms with Crippen LogP contribution >= 0.6 is 7.67 Å². The molecule has 1 heterocycles. The highest BCUT2D eigenvalue weighted by atomic mass is 31.2. The molecule has 0 saturated heterocycles. The highest BCUT2D eigenvalue weighted by Gasteiger charge is 2.35. The van der Waals surface area contributed by atoms with E-state index in [1.165, 1.54) is 18.5 Å². The lowest BCUT2D eigenvalue weighted by molar-refractivity contribution is -0.149. The van der Waals surface area contributed by atoms with Crippen molar-refractivity contribution in [2.75, 3.05) is 0 Å². The molecule has 10 nitrogen and oxygen atoms in total. The lowest BCUT2D eigenvalue weighted by atomic mass is 10.3. The zero-order chi connectivity index (χ0) is 24.8. The molecular formula is C22H33N4O6P. The van der Waals surface area contributed by atoms with Crippen LogP contribution in [0.1, 0.15) is 47.2 Å². The SMILES string of the molecule is Cc1cc(OP(=O)(NC(C)C(=O)OC(C)C)NC(C)C(=O)OC(C)C)n(-c2ccccc2)n1. The van der Waals surface area contributed by atoms with Gasteiger partial charge in [0.2, 0.25) is 5.88 Å². The number of para-hydroxylation sites is 1. The molecule has 2 atom stereocenters. The molecule has 182 valence electrons. The smallest absolute Gasteiger partial charge is 0.393 e. The van der Waals surface area contributed by atoms with Gasteiger partial charge >= 0.3 is 19.6 Å². The van der Waals surface area contributed by atoms with Crippen molar-refractivity contribution in [3.05, 3.63) is 42.1 Å². The van der Waals surface area contributed by atoms with Crippen LogP contribution in [0.2, 0.25) is 0 Å². The number of rotatable bonds is 11. The lowest BCUT2D eigenvalue weighted by Crippen LogP contribution is -2.44. The van der Waals surface area contributed by atoms with Gasteiger partial charge < -0.3 is 14.0 Å². The Morgan fingerprint density at radius 2 is 1.39 bits per heavy atom. The average Bonchev–Trinajstić information content (AvgIpc) is 3.06. The molecule has 2 aromatic rings. The van der Waals surface area contributed by atoms with E-state index in [0.717, 1.165) is 0 Å². The van der Waals surface area contributed by atoms with Crippen LogP contribution in [-0.2, 0) is 23.6 Å². The van der Waals surface area contributed by atoms with Crippen LogP contribution in [0.5, 0.6) is 5.88 Å². The fourth-order valence-corrected chi connectivity index (χ4v) is 4.60. The van der Waals surface area contributed by atoms with Crippen molar-refractivity contribution in [2.45, 2.75) is 72.8 Å². The summed E-state index contributed by atoms with van der Waals surface area (Å²) in [5.74, 6) is -1.06. The fraction of sp³-hybridized carbons (Fsp3) is 0.500. The molecule has 0 aliphatic heterocycles. The van der Waals surface area contributed by atoms with E-state index in [-0.39, 0.29) is 18.1 Å². The van der Waals surface area contributed by atoms with Gasteiger partial charge in [0.15, 0.2) is 0 Å². The molecule has 0 spiro atoms. The van der Waals surface area contributed by atoms with Crippen LogP contribution in [0.25, 0.3) is 5.69 Å². The number of esters is 2. The van der Waals surface area contributed by atoms with Crippen molar-refractivity contribution < 1.29 is 28.2 Å². The van der Waals surface area contributed by atoms with E-state index in [2.05, 4.69) is 15.3 Å². The largest absolute Gasteiger partial charge is 0.462 e. The molecule has 1 aromatic heterocycles. The second-order valence-electron chi connectivity index (χ2n) is 8.19. The minimum Gasteiger partial charge on any atom is -0.462 e. The summed E-state index contributed by atoms with van der Waals surface area (Å²) >= 11 is 0. The van der Waals surface area contributed by atoms with Crippen molar-refractivity contribution in [2.24, 2.45) is 0 Å². The second kappa shape index (κ2) is 11.4. The Morgan fingerprint density at radius 3 is 1.85 bits per heavy atom. The molecule has 0 radical (unpaired) electrons. The number of aryl methyl sites for hydroxylation is 1. The number of ether oxygens (including phenoxy) is 2. The number of nitrogens with one attached hydrogen (secondary N) is 2. The topological polar surface area (TPSA) is 121 Å². The first-order chi connectivity index (χ1) is 15.4. The van der Waals surface area contributed by atoms with Crippen LogP contribution in [0, 0.1) is 6.92 Å². The molecule has 0 saturated carbocycles. The maximum absolute atomic E-state index is 13.9. The zero-order valence-electron chi connectivity index (χ0n) is 20.1. The first-order valence-electron chi connectivity index (χ1n) is 10.8. The van der Waals surface area contributed by atoms with Crippen LogP contribution in [-0.4, -0.2) is 46.0 Å². The van der Waals surface area contributed by atoms with Crippen molar-refractivity contribution >= 4 is 19.6 Å². The third-order valence-electron chi connectivity index (χ3n) is 4.16. The summed E-state index contributed by atoms with van der Waals surface area (Å²) in [4.78, 5) is 24.7. The van der Waals surface area contributed by atoms with Gasteiger partial charge in [0.25, 0.3) is 0 Å². The van der Waals surface area contributed by atoms with Gasteiger partial charge in [-0.25, -0.2) is 19.4 Å². The van der Waals surface area contributed by atoms with Gasteiger partial charge in [-0.15, -0.1) is 0 Å². The van der Waals surface area contributed by atoms with Gasteiger partial charge in [-0.1, -0.05) is 18.2 Å². The second-order valence-corrected chi connectivity index (χ2v) is 9.99. The standard InChI is InChI=1S/C22H33N4O6P/c1-14(2)30-21(27)17(6)24-33(29,25-18(7)22(28)31-15(3)4)32-20-13-16(5)23-26(20)19-11-9-8-10-12-19/h8-15,17-18H,1-7H3,(H2,24,25,29). The van der Waals surface area contributed by atoms with Gasteiger partial charge in [-0.3, -0.25) is 9.59 Å².